The molecule has 1 heterocycles. The molecule has 0 unspecified atom stereocenters. The molecule has 0 spiro atoms. The zero-order valence-electron chi connectivity index (χ0n) is 23.0. The Kier molecular flexibility index (Phi) is 10.5. The molecule has 0 amide bonds. The molecule has 1 aromatic rings. The summed E-state index contributed by atoms with van der Waals surface area (Å²) in [4.78, 5) is 9.66. The Balaban J connectivity index is 1.69. The van der Waals surface area contributed by atoms with E-state index in [-0.39, 0.29) is 23.7 Å². The summed E-state index contributed by atoms with van der Waals surface area (Å²) in [5, 5.41) is 10.7. The second-order valence-corrected chi connectivity index (χ2v) is 9.20. The molecule has 1 N–H and O–H groups in total. The maximum Gasteiger partial charge on any atom is 0.262 e. The average Bonchev–Trinajstić information content (AvgIpc) is 2.77. The molecule has 1 fully saturated rings. The molecule has 2 rings (SSSR count). The molecular formula is C26H47N3O2. The number of aromatic hydroxyl groups is 1. The number of unbranched alkanes of at least 4 members (excludes halogenated alkanes) is 13. The van der Waals surface area contributed by atoms with Gasteiger partial charge in [0.25, 0.3) is 5.88 Å². The van der Waals surface area contributed by atoms with E-state index in [0.29, 0.717) is 12.1 Å². The van der Waals surface area contributed by atoms with Crippen LogP contribution in [0.2, 0.25) is 0 Å². The first-order chi connectivity index (χ1) is 16.3. The van der Waals surface area contributed by atoms with Crippen molar-refractivity contribution in [3.63, 3.8) is 0 Å². The fourth-order valence-corrected chi connectivity index (χ4v) is 4.01. The summed E-state index contributed by atoms with van der Waals surface area (Å²) in [7, 11) is 1.45. The third-order valence-electron chi connectivity index (χ3n) is 6.31. The molecular weight excluding hydrogens is 386 g/mol. The standard InChI is InChI=1S/C26H47N3O2/c1-4-5-6-7-8-9-10-11-12-13-14-15-16-17-21-23-24(30)25(31-22-19-18-20-22)28-26(27-23)29(2)3/h22,30H,4-21H2,1-3H3/i2D3. The number of aryl methyl sites for hydroxylation is 1. The molecule has 1 aliphatic rings. The van der Waals surface area contributed by atoms with Gasteiger partial charge in [0.05, 0.1) is 5.69 Å². The number of rotatable bonds is 18. The average molecular weight is 437 g/mol. The van der Waals surface area contributed by atoms with Crippen molar-refractivity contribution in [2.24, 2.45) is 0 Å². The normalized spacial score (nSPS) is 15.7. The predicted molar refractivity (Wildman–Crippen MR) is 130 cm³/mol. The van der Waals surface area contributed by atoms with E-state index in [1.54, 1.807) is 0 Å². The Hall–Kier alpha value is -1.52. The highest BCUT2D eigenvalue weighted by Crippen LogP contribution is 2.34. The Labute approximate surface area is 195 Å². The zero-order chi connectivity index (χ0) is 24.8. The molecule has 1 aromatic heterocycles. The van der Waals surface area contributed by atoms with Crippen LogP contribution in [0.5, 0.6) is 11.6 Å². The highest BCUT2D eigenvalue weighted by Gasteiger charge is 2.23. The van der Waals surface area contributed by atoms with Gasteiger partial charge in [0, 0.05) is 18.1 Å². The summed E-state index contributed by atoms with van der Waals surface area (Å²) >= 11 is 0. The van der Waals surface area contributed by atoms with Crippen LogP contribution in [0.4, 0.5) is 5.95 Å². The highest BCUT2D eigenvalue weighted by molar-refractivity contribution is 5.43. The van der Waals surface area contributed by atoms with Gasteiger partial charge in [-0.25, -0.2) is 4.98 Å². The first-order valence-corrected chi connectivity index (χ1v) is 12.8. The SMILES string of the molecule is [2H]C([2H])([2H])N(C)c1nc(CCCCCCCCCCCCCCCC)c(O)c(OC2CCC2)n1. The maximum atomic E-state index is 10.7. The van der Waals surface area contributed by atoms with Crippen molar-refractivity contribution >= 4 is 5.95 Å². The third-order valence-corrected chi connectivity index (χ3v) is 6.31. The first-order valence-electron chi connectivity index (χ1n) is 14.3. The van der Waals surface area contributed by atoms with Crippen LogP contribution < -0.4 is 9.64 Å². The molecule has 1 saturated carbocycles. The van der Waals surface area contributed by atoms with Gasteiger partial charge in [-0.2, -0.15) is 4.98 Å². The number of ether oxygens (including phenoxy) is 1. The maximum absolute atomic E-state index is 10.7. The molecule has 0 aromatic carbocycles. The van der Waals surface area contributed by atoms with Crippen LogP contribution in [0, 0.1) is 0 Å². The van der Waals surface area contributed by atoms with Crippen molar-refractivity contribution in [2.75, 3.05) is 18.9 Å². The molecule has 0 saturated heterocycles. The fourth-order valence-electron chi connectivity index (χ4n) is 4.01. The van der Waals surface area contributed by atoms with Gasteiger partial charge < -0.3 is 14.7 Å². The van der Waals surface area contributed by atoms with Crippen LogP contribution in [0.3, 0.4) is 0 Å². The van der Waals surface area contributed by atoms with Crippen molar-refractivity contribution < 1.29 is 14.0 Å². The second kappa shape index (κ2) is 15.3. The van der Waals surface area contributed by atoms with Gasteiger partial charge in [0.15, 0.2) is 0 Å². The fraction of sp³-hybridized carbons (Fsp3) is 0.846. The van der Waals surface area contributed by atoms with Crippen LogP contribution >= 0.6 is 0 Å². The Morgan fingerprint density at radius 1 is 0.903 bits per heavy atom. The minimum atomic E-state index is -2.35. The van der Waals surface area contributed by atoms with E-state index in [1.807, 2.05) is 0 Å². The second-order valence-electron chi connectivity index (χ2n) is 9.20. The number of aromatic nitrogens is 2. The van der Waals surface area contributed by atoms with E-state index in [4.69, 9.17) is 8.85 Å². The first kappa shape index (κ1) is 21.3. The van der Waals surface area contributed by atoms with Gasteiger partial charge in [-0.05, 0) is 32.1 Å². The van der Waals surface area contributed by atoms with Gasteiger partial charge in [0.1, 0.15) is 6.10 Å². The van der Waals surface area contributed by atoms with Crippen molar-refractivity contribution in [3.8, 4) is 11.6 Å². The summed E-state index contributed by atoms with van der Waals surface area (Å²) in [6.07, 6.45) is 21.6. The Bertz CT molecular complexity index is 697. The number of hydrogen-bond acceptors (Lipinski definition) is 5. The summed E-state index contributed by atoms with van der Waals surface area (Å²) in [6, 6.07) is 0. The van der Waals surface area contributed by atoms with E-state index < -0.39 is 6.98 Å². The lowest BCUT2D eigenvalue weighted by molar-refractivity contribution is 0.110. The summed E-state index contributed by atoms with van der Waals surface area (Å²) in [6.45, 7) is -0.0868. The third kappa shape index (κ3) is 10.1. The summed E-state index contributed by atoms with van der Waals surface area (Å²) in [5.74, 6) is 0.155. The molecule has 0 radical (unpaired) electrons. The van der Waals surface area contributed by atoms with Crippen LogP contribution in [0.25, 0.3) is 0 Å². The van der Waals surface area contributed by atoms with Gasteiger partial charge in [-0.15, -0.1) is 0 Å². The van der Waals surface area contributed by atoms with Crippen molar-refractivity contribution in [3.05, 3.63) is 5.69 Å². The summed E-state index contributed by atoms with van der Waals surface area (Å²) in [5.41, 5.74) is 0.481. The smallest absolute Gasteiger partial charge is 0.262 e. The van der Waals surface area contributed by atoms with Crippen molar-refractivity contribution in [1.29, 1.82) is 0 Å². The van der Waals surface area contributed by atoms with Crippen LogP contribution in [-0.4, -0.2) is 35.2 Å². The van der Waals surface area contributed by atoms with Crippen molar-refractivity contribution in [2.45, 2.75) is 129 Å². The van der Waals surface area contributed by atoms with E-state index in [2.05, 4.69) is 16.9 Å². The van der Waals surface area contributed by atoms with E-state index in [1.165, 1.54) is 84.1 Å². The number of anilines is 1. The molecule has 5 nitrogen and oxygen atoms in total. The topological polar surface area (TPSA) is 58.5 Å². The van der Waals surface area contributed by atoms with Gasteiger partial charge in [0.2, 0.25) is 11.7 Å². The Morgan fingerprint density at radius 3 is 1.94 bits per heavy atom. The molecule has 178 valence electrons. The van der Waals surface area contributed by atoms with E-state index in [9.17, 15) is 5.11 Å². The number of nitrogens with zero attached hydrogens (tertiary/aromatic N) is 3. The summed E-state index contributed by atoms with van der Waals surface area (Å²) < 4.78 is 28.8. The minimum Gasteiger partial charge on any atom is -0.502 e. The molecule has 0 bridgehead atoms. The largest absolute Gasteiger partial charge is 0.502 e. The van der Waals surface area contributed by atoms with Crippen LogP contribution in [0.15, 0.2) is 0 Å². The van der Waals surface area contributed by atoms with Gasteiger partial charge >= 0.3 is 0 Å². The highest BCUT2D eigenvalue weighted by atomic mass is 16.5. The number of hydrogen-bond donors (Lipinski definition) is 1. The molecule has 5 heteroatoms. The van der Waals surface area contributed by atoms with Crippen molar-refractivity contribution in [1.82, 2.24) is 9.97 Å². The Morgan fingerprint density at radius 2 is 1.45 bits per heavy atom. The molecule has 1 aliphatic carbocycles. The van der Waals surface area contributed by atoms with Crippen LogP contribution in [0.1, 0.15) is 126 Å². The zero-order valence-corrected chi connectivity index (χ0v) is 20.0. The van der Waals surface area contributed by atoms with E-state index in [0.717, 1.165) is 37.0 Å². The predicted octanol–water partition coefficient (Wildman–Crippen LogP) is 7.20. The molecule has 31 heavy (non-hydrogen) atoms. The quantitative estimate of drug-likeness (QED) is 0.246. The van der Waals surface area contributed by atoms with Gasteiger partial charge in [-0.3, -0.25) is 0 Å². The van der Waals surface area contributed by atoms with Gasteiger partial charge in [-0.1, -0.05) is 90.4 Å². The lowest BCUT2D eigenvalue weighted by atomic mass is 9.96. The molecule has 0 atom stereocenters. The van der Waals surface area contributed by atoms with Crippen LogP contribution in [-0.2, 0) is 6.42 Å². The van der Waals surface area contributed by atoms with E-state index >= 15 is 0 Å². The minimum absolute atomic E-state index is 0.0377. The lowest BCUT2D eigenvalue weighted by Gasteiger charge is -2.26. The molecule has 0 aliphatic heterocycles. The lowest BCUT2D eigenvalue weighted by Crippen LogP contribution is -2.25. The monoisotopic (exact) mass is 436 g/mol.